The molecule has 2 aromatic carbocycles. The molecule has 0 saturated carbocycles. The molecule has 0 N–H and O–H groups in total. The molecule has 1 aliphatic heterocycles. The number of aryl methyl sites for hydroxylation is 1. The highest BCUT2D eigenvalue weighted by atomic mass is 16.5. The number of hydrogen-bond donors (Lipinski definition) is 0. The molecule has 1 heterocycles. The van der Waals surface area contributed by atoms with E-state index in [9.17, 15) is 0 Å². The molecule has 0 spiro atoms. The second-order valence-corrected chi connectivity index (χ2v) is 9.60. The molecule has 0 aromatic heterocycles. The second-order valence-electron chi connectivity index (χ2n) is 9.60. The fourth-order valence-corrected chi connectivity index (χ4v) is 4.84. The molecule has 3 rings (SSSR count). The molecule has 1 fully saturated rings. The number of benzene rings is 2. The highest BCUT2D eigenvalue weighted by Gasteiger charge is 2.22. The van der Waals surface area contributed by atoms with Crippen LogP contribution >= 0.6 is 0 Å². The Bertz CT molecular complexity index is 707. The Morgan fingerprint density at radius 2 is 1.29 bits per heavy atom. The van der Waals surface area contributed by atoms with Crippen molar-refractivity contribution in [2.45, 2.75) is 103 Å². The summed E-state index contributed by atoms with van der Waals surface area (Å²) in [6.45, 7) is 5.50. The SMILES string of the molecule is CCCCCCCCc1ccc(-c2ccc(C3CCC(CCCCC)CO3)cc2)cc1. The van der Waals surface area contributed by atoms with Crippen LogP contribution in [0.1, 0.15) is 108 Å². The minimum absolute atomic E-state index is 0.288. The number of rotatable bonds is 13. The molecule has 2 aromatic rings. The quantitative estimate of drug-likeness (QED) is 0.293. The Labute approximate surface area is 191 Å². The maximum Gasteiger partial charge on any atom is 0.0825 e. The summed E-state index contributed by atoms with van der Waals surface area (Å²) < 4.78 is 6.24. The fourth-order valence-electron chi connectivity index (χ4n) is 4.84. The molecule has 2 unspecified atom stereocenters. The Kier molecular flexibility index (Phi) is 10.7. The molecule has 1 nitrogen and oxygen atoms in total. The standard InChI is InChI=1S/C30H44O/c1-3-5-7-8-9-11-12-25-14-17-27(18-15-25)28-19-21-29(22-20-28)30-23-16-26(24-31-30)13-10-6-4-2/h14-15,17-22,26,30H,3-13,16,23-24H2,1-2H3. The summed E-state index contributed by atoms with van der Waals surface area (Å²) in [6.07, 6.45) is 17.6. The molecule has 1 saturated heterocycles. The van der Waals surface area contributed by atoms with E-state index in [1.807, 2.05) is 0 Å². The Balaban J connectivity index is 1.43. The van der Waals surface area contributed by atoms with E-state index >= 15 is 0 Å². The molecule has 0 aliphatic carbocycles. The number of ether oxygens (including phenoxy) is 1. The lowest BCUT2D eigenvalue weighted by molar-refractivity contribution is -0.0198. The van der Waals surface area contributed by atoms with Gasteiger partial charge in [0.2, 0.25) is 0 Å². The van der Waals surface area contributed by atoms with Crippen LogP contribution < -0.4 is 0 Å². The maximum absolute atomic E-state index is 6.24. The van der Waals surface area contributed by atoms with Crippen LogP contribution in [0.2, 0.25) is 0 Å². The van der Waals surface area contributed by atoms with E-state index in [0.717, 1.165) is 12.5 Å². The van der Waals surface area contributed by atoms with Crippen LogP contribution in [0.5, 0.6) is 0 Å². The van der Waals surface area contributed by atoms with Gasteiger partial charge in [-0.1, -0.05) is 114 Å². The summed E-state index contributed by atoms with van der Waals surface area (Å²) in [6, 6.07) is 18.3. The average molecular weight is 421 g/mol. The molecule has 0 radical (unpaired) electrons. The third kappa shape index (κ3) is 8.11. The van der Waals surface area contributed by atoms with Gasteiger partial charge >= 0.3 is 0 Å². The molecule has 0 bridgehead atoms. The fraction of sp³-hybridized carbons (Fsp3) is 0.600. The monoisotopic (exact) mass is 420 g/mol. The maximum atomic E-state index is 6.24. The molecular formula is C30H44O. The van der Waals surface area contributed by atoms with E-state index in [2.05, 4.69) is 62.4 Å². The van der Waals surface area contributed by atoms with Crippen LogP contribution in [0.15, 0.2) is 48.5 Å². The smallest absolute Gasteiger partial charge is 0.0825 e. The first-order valence-electron chi connectivity index (χ1n) is 13.1. The van der Waals surface area contributed by atoms with E-state index in [-0.39, 0.29) is 6.10 Å². The Hall–Kier alpha value is -1.60. The molecular weight excluding hydrogens is 376 g/mol. The van der Waals surface area contributed by atoms with Crippen molar-refractivity contribution >= 4 is 0 Å². The van der Waals surface area contributed by atoms with E-state index in [0.29, 0.717) is 0 Å². The lowest BCUT2D eigenvalue weighted by Gasteiger charge is -2.29. The summed E-state index contributed by atoms with van der Waals surface area (Å²) >= 11 is 0. The lowest BCUT2D eigenvalue weighted by Crippen LogP contribution is -2.20. The Morgan fingerprint density at radius 3 is 1.94 bits per heavy atom. The summed E-state index contributed by atoms with van der Waals surface area (Å²) in [5.41, 5.74) is 5.44. The highest BCUT2D eigenvalue weighted by Crippen LogP contribution is 2.33. The van der Waals surface area contributed by atoms with Gasteiger partial charge in [0.25, 0.3) is 0 Å². The minimum Gasteiger partial charge on any atom is -0.373 e. The number of unbranched alkanes of at least 4 members (excludes halogenated alkanes) is 7. The number of hydrogen-bond acceptors (Lipinski definition) is 1. The first kappa shape index (κ1) is 24.1. The average Bonchev–Trinajstić information content (AvgIpc) is 2.82. The van der Waals surface area contributed by atoms with Crippen molar-refractivity contribution < 1.29 is 4.74 Å². The molecule has 170 valence electrons. The zero-order valence-corrected chi connectivity index (χ0v) is 20.1. The van der Waals surface area contributed by atoms with Crippen molar-refractivity contribution in [1.82, 2.24) is 0 Å². The van der Waals surface area contributed by atoms with Crippen molar-refractivity contribution in [2.24, 2.45) is 5.92 Å². The molecule has 31 heavy (non-hydrogen) atoms. The summed E-state index contributed by atoms with van der Waals surface area (Å²) in [5, 5.41) is 0. The topological polar surface area (TPSA) is 9.23 Å². The summed E-state index contributed by atoms with van der Waals surface area (Å²) in [4.78, 5) is 0. The normalized spacial score (nSPS) is 18.9. The van der Waals surface area contributed by atoms with E-state index < -0.39 is 0 Å². The van der Waals surface area contributed by atoms with E-state index in [1.54, 1.807) is 0 Å². The summed E-state index contributed by atoms with van der Waals surface area (Å²) in [7, 11) is 0. The third-order valence-electron chi connectivity index (χ3n) is 6.97. The van der Waals surface area contributed by atoms with Gasteiger partial charge in [-0.2, -0.15) is 0 Å². The van der Waals surface area contributed by atoms with Crippen molar-refractivity contribution in [3.05, 3.63) is 59.7 Å². The van der Waals surface area contributed by atoms with Gasteiger partial charge in [-0.25, -0.2) is 0 Å². The molecule has 0 amide bonds. The van der Waals surface area contributed by atoms with Gasteiger partial charge in [-0.15, -0.1) is 0 Å². The molecule has 1 aliphatic rings. The predicted molar refractivity (Wildman–Crippen MR) is 135 cm³/mol. The second kappa shape index (κ2) is 13.7. The van der Waals surface area contributed by atoms with Crippen molar-refractivity contribution in [3.63, 3.8) is 0 Å². The largest absolute Gasteiger partial charge is 0.373 e. The zero-order valence-electron chi connectivity index (χ0n) is 20.1. The third-order valence-corrected chi connectivity index (χ3v) is 6.97. The van der Waals surface area contributed by atoms with Crippen molar-refractivity contribution in [2.75, 3.05) is 6.61 Å². The molecule has 1 heteroatoms. The van der Waals surface area contributed by atoms with Crippen LogP contribution in [-0.4, -0.2) is 6.61 Å². The predicted octanol–water partition coefficient (Wildman–Crippen LogP) is 9.30. The van der Waals surface area contributed by atoms with Gasteiger partial charge in [-0.05, 0) is 60.3 Å². The van der Waals surface area contributed by atoms with Crippen LogP contribution in [-0.2, 0) is 11.2 Å². The Morgan fingerprint density at radius 1 is 0.677 bits per heavy atom. The van der Waals surface area contributed by atoms with Gasteiger partial charge in [-0.3, -0.25) is 0 Å². The van der Waals surface area contributed by atoms with E-state index in [4.69, 9.17) is 4.74 Å². The first-order chi connectivity index (χ1) is 15.3. The van der Waals surface area contributed by atoms with Gasteiger partial charge in [0.1, 0.15) is 0 Å². The summed E-state index contributed by atoms with van der Waals surface area (Å²) in [5.74, 6) is 0.775. The first-order valence-corrected chi connectivity index (χ1v) is 13.1. The van der Waals surface area contributed by atoms with Crippen molar-refractivity contribution in [1.29, 1.82) is 0 Å². The molecule has 2 atom stereocenters. The van der Waals surface area contributed by atoms with Crippen LogP contribution in [0.25, 0.3) is 11.1 Å². The highest BCUT2D eigenvalue weighted by molar-refractivity contribution is 5.64. The van der Waals surface area contributed by atoms with Crippen LogP contribution in [0.3, 0.4) is 0 Å². The minimum atomic E-state index is 0.288. The van der Waals surface area contributed by atoms with Gasteiger partial charge in [0, 0.05) is 0 Å². The van der Waals surface area contributed by atoms with Crippen LogP contribution in [0, 0.1) is 5.92 Å². The van der Waals surface area contributed by atoms with E-state index in [1.165, 1.54) is 106 Å². The van der Waals surface area contributed by atoms with Gasteiger partial charge in [0.05, 0.1) is 12.7 Å². The lowest BCUT2D eigenvalue weighted by atomic mass is 9.90. The van der Waals surface area contributed by atoms with Gasteiger partial charge in [0.15, 0.2) is 0 Å². The zero-order chi connectivity index (χ0) is 21.7. The van der Waals surface area contributed by atoms with Crippen LogP contribution in [0.4, 0.5) is 0 Å². The van der Waals surface area contributed by atoms with Crippen molar-refractivity contribution in [3.8, 4) is 11.1 Å². The van der Waals surface area contributed by atoms with Gasteiger partial charge < -0.3 is 4.74 Å².